The first-order chi connectivity index (χ1) is 27.7. The van der Waals surface area contributed by atoms with Crippen LogP contribution < -0.4 is 0 Å². The second kappa shape index (κ2) is 14.0. The van der Waals surface area contributed by atoms with Gasteiger partial charge in [-0.1, -0.05) is 176 Å². The summed E-state index contributed by atoms with van der Waals surface area (Å²) >= 11 is 0. The van der Waals surface area contributed by atoms with Crippen LogP contribution in [0, 0.1) is 5.41 Å². The van der Waals surface area contributed by atoms with E-state index < -0.39 is 0 Å². The molecule has 56 heavy (non-hydrogen) atoms. The molecule has 0 aliphatic heterocycles. The summed E-state index contributed by atoms with van der Waals surface area (Å²) in [6.45, 7) is 0. The van der Waals surface area contributed by atoms with Crippen molar-refractivity contribution in [2.24, 2.45) is 4.99 Å². The standard InChI is InChI=1S/C52H34N2O2/c53-46(36-19-7-2-8-20-36)32-47(37-21-9-3-10-22-37)54-33-34-16-13-25-39(30-34)41-27-15-29-43-45-31-44-42-28-14-26-40(35-17-5-1-6-18-35)49(42)55-51(44)48(52(45)56-50(41)43)38-23-11-4-12-24-38/h1-33,53H/b47-32-,53-46?,54-33?. The molecule has 0 saturated carbocycles. The van der Waals surface area contributed by atoms with Crippen LogP contribution in [-0.2, 0) is 0 Å². The molecule has 4 nitrogen and oxygen atoms in total. The predicted octanol–water partition coefficient (Wildman–Crippen LogP) is 14.0. The Hall–Kier alpha value is -7.56. The molecular weight excluding hydrogens is 685 g/mol. The van der Waals surface area contributed by atoms with E-state index in [-0.39, 0.29) is 0 Å². The largest absolute Gasteiger partial charge is 0.455 e. The number of nitrogens with zero attached hydrogens (tertiary/aromatic N) is 1. The van der Waals surface area contributed by atoms with Gasteiger partial charge in [-0.3, -0.25) is 4.99 Å². The zero-order valence-corrected chi connectivity index (χ0v) is 30.3. The zero-order valence-electron chi connectivity index (χ0n) is 30.3. The van der Waals surface area contributed by atoms with Crippen LogP contribution in [0.3, 0.4) is 0 Å². The minimum absolute atomic E-state index is 0.401. The Morgan fingerprint density at radius 1 is 0.429 bits per heavy atom. The van der Waals surface area contributed by atoms with Crippen LogP contribution in [0.15, 0.2) is 208 Å². The van der Waals surface area contributed by atoms with E-state index in [4.69, 9.17) is 19.2 Å². The van der Waals surface area contributed by atoms with Gasteiger partial charge in [0.2, 0.25) is 0 Å². The summed E-state index contributed by atoms with van der Waals surface area (Å²) in [5.74, 6) is 0. The first-order valence-corrected chi connectivity index (χ1v) is 18.7. The van der Waals surface area contributed by atoms with Gasteiger partial charge in [0.25, 0.3) is 0 Å². The Morgan fingerprint density at radius 3 is 1.54 bits per heavy atom. The highest BCUT2D eigenvalue weighted by molar-refractivity contribution is 6.24. The van der Waals surface area contributed by atoms with Gasteiger partial charge in [-0.15, -0.1) is 0 Å². The molecular formula is C52H34N2O2. The van der Waals surface area contributed by atoms with E-state index in [9.17, 15) is 0 Å². The van der Waals surface area contributed by atoms with Gasteiger partial charge in [0, 0.05) is 44.4 Å². The molecule has 0 bridgehead atoms. The van der Waals surface area contributed by atoms with E-state index in [0.717, 1.165) is 93.9 Å². The summed E-state index contributed by atoms with van der Waals surface area (Å²) in [4.78, 5) is 4.94. The van der Waals surface area contributed by atoms with E-state index in [0.29, 0.717) is 11.4 Å². The number of rotatable bonds is 8. The molecule has 10 aromatic rings. The van der Waals surface area contributed by atoms with Gasteiger partial charge in [-0.05, 0) is 46.0 Å². The van der Waals surface area contributed by atoms with Crippen LogP contribution in [0.2, 0.25) is 0 Å². The molecule has 1 N–H and O–H groups in total. The lowest BCUT2D eigenvalue weighted by molar-refractivity contribution is 0.659. The van der Waals surface area contributed by atoms with E-state index in [1.54, 1.807) is 0 Å². The quantitative estimate of drug-likeness (QED) is 0.159. The zero-order chi connectivity index (χ0) is 37.4. The summed E-state index contributed by atoms with van der Waals surface area (Å²) in [6.07, 6.45) is 3.70. The van der Waals surface area contributed by atoms with Crippen molar-refractivity contribution in [1.29, 1.82) is 5.41 Å². The molecule has 8 aromatic carbocycles. The third-order valence-electron chi connectivity index (χ3n) is 10.4. The van der Waals surface area contributed by atoms with Crippen molar-refractivity contribution in [3.05, 3.63) is 211 Å². The molecule has 0 saturated heterocycles. The number of fused-ring (bicyclic) bond motifs is 6. The monoisotopic (exact) mass is 718 g/mol. The van der Waals surface area contributed by atoms with Gasteiger partial charge in [-0.25, -0.2) is 0 Å². The number of nitrogens with one attached hydrogen (secondary N) is 1. The molecule has 0 atom stereocenters. The molecule has 2 heterocycles. The van der Waals surface area contributed by atoms with E-state index >= 15 is 0 Å². The maximum atomic E-state index is 8.79. The predicted molar refractivity (Wildman–Crippen MR) is 233 cm³/mol. The van der Waals surface area contributed by atoms with Crippen molar-refractivity contribution in [3.8, 4) is 33.4 Å². The summed E-state index contributed by atoms with van der Waals surface area (Å²) < 4.78 is 13.9. The SMILES string of the molecule is N=C(/C=C(\N=Cc1cccc(-c2cccc3c2oc2c(-c4ccccc4)c4oc5c(-c6ccccc6)cccc5c4cc23)c1)c1ccccc1)c1ccccc1. The molecule has 10 rings (SSSR count). The van der Waals surface area contributed by atoms with Crippen LogP contribution in [0.5, 0.6) is 0 Å². The molecule has 264 valence electrons. The Kier molecular flexibility index (Phi) is 8.27. The summed E-state index contributed by atoms with van der Waals surface area (Å²) in [5, 5.41) is 13.0. The Bertz CT molecular complexity index is 3120. The second-order valence-corrected chi connectivity index (χ2v) is 13.9. The van der Waals surface area contributed by atoms with E-state index in [2.05, 4.69) is 109 Å². The van der Waals surface area contributed by atoms with Crippen molar-refractivity contribution in [2.75, 3.05) is 0 Å². The van der Waals surface area contributed by atoms with Gasteiger partial charge in [-0.2, -0.15) is 0 Å². The number of allylic oxidation sites excluding steroid dienone is 1. The fourth-order valence-corrected chi connectivity index (χ4v) is 7.69. The third-order valence-corrected chi connectivity index (χ3v) is 10.4. The van der Waals surface area contributed by atoms with Crippen molar-refractivity contribution < 1.29 is 8.83 Å². The van der Waals surface area contributed by atoms with E-state index in [1.165, 1.54) is 0 Å². The number of hydrogen-bond acceptors (Lipinski definition) is 4. The minimum atomic E-state index is 0.401. The first kappa shape index (κ1) is 33.0. The number of hydrogen-bond donors (Lipinski definition) is 1. The van der Waals surface area contributed by atoms with Gasteiger partial charge >= 0.3 is 0 Å². The van der Waals surface area contributed by atoms with Crippen LogP contribution >= 0.6 is 0 Å². The summed E-state index contributed by atoms with van der Waals surface area (Å²) in [7, 11) is 0. The third kappa shape index (κ3) is 5.90. The van der Waals surface area contributed by atoms with Crippen LogP contribution in [0.1, 0.15) is 16.7 Å². The second-order valence-electron chi connectivity index (χ2n) is 13.9. The van der Waals surface area contributed by atoms with Gasteiger partial charge < -0.3 is 14.2 Å². The highest BCUT2D eigenvalue weighted by Crippen LogP contribution is 2.47. The average Bonchev–Trinajstić information content (AvgIpc) is 3.84. The fraction of sp³-hybridized carbons (Fsp3) is 0. The van der Waals surface area contributed by atoms with E-state index in [1.807, 2.05) is 91.2 Å². The molecule has 0 radical (unpaired) electrons. The van der Waals surface area contributed by atoms with Gasteiger partial charge in [0.15, 0.2) is 0 Å². The summed E-state index contributed by atoms with van der Waals surface area (Å²) in [6, 6.07) is 63.9. The van der Waals surface area contributed by atoms with Crippen molar-refractivity contribution in [3.63, 3.8) is 0 Å². The Labute approximate surface area is 323 Å². The van der Waals surface area contributed by atoms with Gasteiger partial charge in [0.1, 0.15) is 22.3 Å². The number of furan rings is 2. The normalized spacial score (nSPS) is 12.0. The number of aliphatic imine (C=N–C) groups is 1. The van der Waals surface area contributed by atoms with Crippen LogP contribution in [-0.4, -0.2) is 11.9 Å². The lowest BCUT2D eigenvalue weighted by atomic mass is 9.96. The smallest absolute Gasteiger partial charge is 0.147 e. The maximum absolute atomic E-state index is 8.79. The highest BCUT2D eigenvalue weighted by atomic mass is 16.3. The fourth-order valence-electron chi connectivity index (χ4n) is 7.69. The maximum Gasteiger partial charge on any atom is 0.147 e. The highest BCUT2D eigenvalue weighted by Gasteiger charge is 2.23. The Balaban J connectivity index is 1.11. The van der Waals surface area contributed by atoms with Crippen molar-refractivity contribution in [1.82, 2.24) is 0 Å². The topological polar surface area (TPSA) is 62.5 Å². The Morgan fingerprint density at radius 2 is 0.929 bits per heavy atom. The number of para-hydroxylation sites is 2. The number of benzene rings is 8. The molecule has 0 fully saturated rings. The molecule has 0 amide bonds. The molecule has 0 unspecified atom stereocenters. The van der Waals surface area contributed by atoms with Crippen LogP contribution in [0.4, 0.5) is 0 Å². The van der Waals surface area contributed by atoms with Crippen molar-refractivity contribution >= 4 is 61.5 Å². The van der Waals surface area contributed by atoms with Gasteiger partial charge in [0.05, 0.1) is 17.0 Å². The molecule has 0 aliphatic carbocycles. The first-order valence-electron chi connectivity index (χ1n) is 18.7. The molecule has 0 aliphatic rings. The summed E-state index contributed by atoms with van der Waals surface area (Å²) in [5.41, 5.74) is 13.3. The molecule has 0 spiro atoms. The molecule has 4 heteroatoms. The average molecular weight is 719 g/mol. The minimum Gasteiger partial charge on any atom is -0.455 e. The lowest BCUT2D eigenvalue weighted by Crippen LogP contribution is -1.96. The van der Waals surface area contributed by atoms with Crippen LogP contribution in [0.25, 0.3) is 83.0 Å². The van der Waals surface area contributed by atoms with Crippen molar-refractivity contribution in [2.45, 2.75) is 0 Å². The lowest BCUT2D eigenvalue weighted by Gasteiger charge is -2.06. The molecule has 2 aromatic heterocycles.